The van der Waals surface area contributed by atoms with Crippen LogP contribution in [-0.2, 0) is 6.18 Å². The molecule has 4 aromatic rings. The van der Waals surface area contributed by atoms with Gasteiger partial charge in [0.25, 0.3) is 0 Å². The molecule has 8 heteroatoms. The van der Waals surface area contributed by atoms with Crippen LogP contribution in [0.5, 0.6) is 0 Å². The molecule has 1 aliphatic carbocycles. The van der Waals surface area contributed by atoms with Gasteiger partial charge in [-0.3, -0.25) is 14.4 Å². The van der Waals surface area contributed by atoms with Crippen molar-refractivity contribution in [1.82, 2.24) is 0 Å². The van der Waals surface area contributed by atoms with Gasteiger partial charge < -0.3 is 4.90 Å². The first kappa shape index (κ1) is 24.7. The molecule has 2 aliphatic heterocycles. The fourth-order valence-corrected chi connectivity index (χ4v) is 7.43. The summed E-state index contributed by atoms with van der Waals surface area (Å²) in [6.45, 7) is 0. The number of benzene rings is 3. The van der Waals surface area contributed by atoms with E-state index in [-0.39, 0.29) is 16.9 Å². The summed E-state index contributed by atoms with van der Waals surface area (Å²) in [4.78, 5) is 45.6. The Hall–Kier alpha value is -4.30. The molecule has 198 valence electrons. The summed E-state index contributed by atoms with van der Waals surface area (Å²) in [5, 5.41) is 1.77. The second kappa shape index (κ2) is 8.60. The van der Waals surface area contributed by atoms with Crippen LogP contribution in [0.4, 0.5) is 18.9 Å². The molecule has 1 fully saturated rings. The zero-order chi connectivity index (χ0) is 27.8. The SMILES string of the molecule is O=C(c1cccs1)C1C(c2ccc(C(F)(F)F)cc2)C2(C(=O)c3ccccc3C2=O)C2C=Cc3ccccc3N12. The molecule has 3 aliphatic rings. The number of hydrogen-bond donors (Lipinski definition) is 0. The second-order valence-corrected chi connectivity index (χ2v) is 11.2. The maximum absolute atomic E-state index is 14.5. The van der Waals surface area contributed by atoms with Crippen molar-refractivity contribution in [3.8, 4) is 0 Å². The molecule has 4 nitrogen and oxygen atoms in total. The number of fused-ring (bicyclic) bond motifs is 5. The van der Waals surface area contributed by atoms with Crippen LogP contribution in [0.15, 0.2) is 96.4 Å². The third-order valence-corrected chi connectivity index (χ3v) is 9.23. The van der Waals surface area contributed by atoms with Crippen molar-refractivity contribution in [2.75, 3.05) is 4.90 Å². The maximum atomic E-state index is 14.5. The van der Waals surface area contributed by atoms with Gasteiger partial charge in [0.1, 0.15) is 11.5 Å². The van der Waals surface area contributed by atoms with Gasteiger partial charge in [0, 0.05) is 22.7 Å². The highest BCUT2D eigenvalue weighted by Gasteiger charge is 2.71. The molecule has 1 saturated heterocycles. The smallest absolute Gasteiger partial charge is 0.352 e. The minimum absolute atomic E-state index is 0.265. The van der Waals surface area contributed by atoms with E-state index in [2.05, 4.69) is 0 Å². The number of carbonyl (C=O) groups excluding carboxylic acids is 3. The van der Waals surface area contributed by atoms with Crippen molar-refractivity contribution in [1.29, 1.82) is 0 Å². The quantitative estimate of drug-likeness (QED) is 0.200. The summed E-state index contributed by atoms with van der Waals surface area (Å²) >= 11 is 1.25. The van der Waals surface area contributed by atoms with E-state index in [1.165, 1.54) is 23.5 Å². The van der Waals surface area contributed by atoms with Crippen LogP contribution >= 0.6 is 11.3 Å². The number of ketones is 3. The average Bonchev–Trinajstić information content (AvgIpc) is 3.66. The molecular formula is C32H20F3NO3S. The molecule has 3 unspecified atom stereocenters. The maximum Gasteiger partial charge on any atom is 0.416 e. The Morgan fingerprint density at radius 3 is 2.10 bits per heavy atom. The minimum atomic E-state index is -4.56. The van der Waals surface area contributed by atoms with Gasteiger partial charge in [-0.1, -0.05) is 72.8 Å². The molecule has 1 aromatic heterocycles. The van der Waals surface area contributed by atoms with Crippen LogP contribution in [0.1, 0.15) is 53.0 Å². The lowest BCUT2D eigenvalue weighted by atomic mass is 9.64. The van der Waals surface area contributed by atoms with Crippen LogP contribution < -0.4 is 4.90 Å². The van der Waals surface area contributed by atoms with Crippen LogP contribution in [0, 0.1) is 5.41 Å². The van der Waals surface area contributed by atoms with Gasteiger partial charge in [-0.15, -0.1) is 11.3 Å². The zero-order valence-electron chi connectivity index (χ0n) is 20.8. The molecule has 40 heavy (non-hydrogen) atoms. The van der Waals surface area contributed by atoms with Crippen LogP contribution in [0.2, 0.25) is 0 Å². The largest absolute Gasteiger partial charge is 0.416 e. The van der Waals surface area contributed by atoms with Gasteiger partial charge >= 0.3 is 6.18 Å². The fraction of sp³-hybridized carbons (Fsp3) is 0.156. The Balaban J connectivity index is 1.53. The van der Waals surface area contributed by atoms with Crippen molar-refractivity contribution in [2.45, 2.75) is 24.2 Å². The molecule has 3 heterocycles. The fourth-order valence-electron chi connectivity index (χ4n) is 6.73. The number of anilines is 1. The van der Waals surface area contributed by atoms with Gasteiger partial charge in [-0.2, -0.15) is 13.2 Å². The molecule has 1 spiro atoms. The first-order chi connectivity index (χ1) is 19.2. The predicted octanol–water partition coefficient (Wildman–Crippen LogP) is 7.08. The van der Waals surface area contributed by atoms with Crippen molar-refractivity contribution >= 4 is 40.4 Å². The lowest BCUT2D eigenvalue weighted by molar-refractivity contribution is -0.137. The van der Waals surface area contributed by atoms with Crippen molar-refractivity contribution < 1.29 is 27.6 Å². The molecule has 3 aromatic carbocycles. The van der Waals surface area contributed by atoms with Crippen LogP contribution in [-0.4, -0.2) is 29.4 Å². The number of alkyl halides is 3. The number of halogens is 3. The first-order valence-corrected chi connectivity index (χ1v) is 13.6. The third kappa shape index (κ3) is 3.23. The molecular weight excluding hydrogens is 535 g/mol. The predicted molar refractivity (Wildman–Crippen MR) is 146 cm³/mol. The third-order valence-electron chi connectivity index (χ3n) is 8.34. The topological polar surface area (TPSA) is 54.5 Å². The Labute approximate surface area is 231 Å². The first-order valence-electron chi connectivity index (χ1n) is 12.7. The van der Waals surface area contributed by atoms with E-state index in [4.69, 9.17) is 0 Å². The summed E-state index contributed by atoms with van der Waals surface area (Å²) in [6.07, 6.45) is -0.918. The highest BCUT2D eigenvalue weighted by molar-refractivity contribution is 7.12. The molecule has 0 radical (unpaired) electrons. The Kier molecular flexibility index (Phi) is 5.31. The summed E-state index contributed by atoms with van der Waals surface area (Å²) in [7, 11) is 0. The van der Waals surface area contributed by atoms with E-state index in [0.29, 0.717) is 16.1 Å². The number of hydrogen-bond acceptors (Lipinski definition) is 5. The van der Waals surface area contributed by atoms with E-state index in [1.54, 1.807) is 47.9 Å². The lowest BCUT2D eigenvalue weighted by Gasteiger charge is -2.37. The molecule has 0 N–H and O–H groups in total. The summed E-state index contributed by atoms with van der Waals surface area (Å²) < 4.78 is 40.5. The monoisotopic (exact) mass is 555 g/mol. The number of Topliss-reactive ketones (excluding diaryl/α,β-unsaturated/α-hetero) is 3. The summed E-state index contributed by atoms with van der Waals surface area (Å²) in [6, 6.07) is 20.1. The number of carbonyl (C=O) groups is 3. The Bertz CT molecular complexity index is 1690. The normalized spacial score (nSPS) is 22.4. The summed E-state index contributed by atoms with van der Waals surface area (Å²) in [5.74, 6) is -2.17. The van der Waals surface area contributed by atoms with E-state index in [1.807, 2.05) is 35.2 Å². The Morgan fingerprint density at radius 2 is 1.48 bits per heavy atom. The van der Waals surface area contributed by atoms with Gasteiger partial charge in [-0.25, -0.2) is 0 Å². The van der Waals surface area contributed by atoms with E-state index >= 15 is 0 Å². The van der Waals surface area contributed by atoms with Crippen molar-refractivity contribution in [2.24, 2.45) is 5.41 Å². The highest BCUT2D eigenvalue weighted by Crippen LogP contribution is 2.61. The number of rotatable bonds is 3. The molecule has 0 saturated carbocycles. The van der Waals surface area contributed by atoms with Gasteiger partial charge in [-0.05, 0) is 40.8 Å². The van der Waals surface area contributed by atoms with Crippen molar-refractivity contribution in [3.05, 3.63) is 129 Å². The van der Waals surface area contributed by atoms with Crippen molar-refractivity contribution in [3.63, 3.8) is 0 Å². The van der Waals surface area contributed by atoms with Gasteiger partial charge in [0.2, 0.25) is 0 Å². The highest BCUT2D eigenvalue weighted by atomic mass is 32.1. The number of thiophene rings is 1. The molecule has 7 rings (SSSR count). The molecule has 3 atom stereocenters. The second-order valence-electron chi connectivity index (χ2n) is 10.2. The number of nitrogens with zero attached hydrogens (tertiary/aromatic N) is 1. The summed E-state index contributed by atoms with van der Waals surface area (Å²) in [5.41, 5.74) is -0.221. The number of para-hydroxylation sites is 1. The van der Waals surface area contributed by atoms with Gasteiger partial charge in [0.05, 0.1) is 16.5 Å². The van der Waals surface area contributed by atoms with Crippen LogP contribution in [0.25, 0.3) is 6.08 Å². The Morgan fingerprint density at radius 1 is 0.825 bits per heavy atom. The zero-order valence-corrected chi connectivity index (χ0v) is 21.6. The van der Waals surface area contributed by atoms with Gasteiger partial charge in [0.15, 0.2) is 17.3 Å². The van der Waals surface area contributed by atoms with E-state index in [0.717, 1.165) is 17.7 Å². The van der Waals surface area contributed by atoms with E-state index < -0.39 is 46.7 Å². The molecule has 0 bridgehead atoms. The minimum Gasteiger partial charge on any atom is -0.352 e. The lowest BCUT2D eigenvalue weighted by Crippen LogP contribution is -2.48. The standard InChI is InChI=1S/C32H20F3NO3S/c33-32(34,35)20-14-11-19(12-15-20)26-27(28(37)24-10-5-17-40-24)36-23-9-4-1-6-18(23)13-16-25(36)31(26)29(38)21-7-2-3-8-22(21)30(31)39/h1-17,25-27H. The van der Waals surface area contributed by atoms with Crippen LogP contribution in [0.3, 0.4) is 0 Å². The average molecular weight is 556 g/mol. The van der Waals surface area contributed by atoms with E-state index in [9.17, 15) is 27.6 Å². The molecule has 0 amide bonds.